The average Bonchev–Trinajstić information content (AvgIpc) is 2.69. The van der Waals surface area contributed by atoms with E-state index in [0.29, 0.717) is 6.61 Å². The van der Waals surface area contributed by atoms with E-state index >= 15 is 0 Å². The molecule has 25 heavy (non-hydrogen) atoms. The van der Waals surface area contributed by atoms with E-state index in [0.717, 1.165) is 47.5 Å². The number of oxime groups is 1. The number of thiocarbonyl (C=S) groups is 1. The smallest absolute Gasteiger partial charge is 0.142 e. The van der Waals surface area contributed by atoms with Crippen LogP contribution >= 0.6 is 12.2 Å². The zero-order chi connectivity index (χ0) is 17.5. The summed E-state index contributed by atoms with van der Waals surface area (Å²) in [4.78, 5) is 10.8. The van der Waals surface area contributed by atoms with Crippen molar-refractivity contribution in [2.24, 2.45) is 5.16 Å². The van der Waals surface area contributed by atoms with Gasteiger partial charge in [0.1, 0.15) is 6.61 Å². The Labute approximate surface area is 154 Å². The minimum Gasteiger partial charge on any atom is -0.391 e. The maximum atomic E-state index is 5.72. The Hall–Kier alpha value is -2.27. The maximum Gasteiger partial charge on any atom is 0.142 e. The van der Waals surface area contributed by atoms with Gasteiger partial charge in [-0.15, -0.1) is 0 Å². The molecular formula is C20H23N3OS. The summed E-state index contributed by atoms with van der Waals surface area (Å²) in [5.41, 5.74) is 2.75. The lowest BCUT2D eigenvalue weighted by molar-refractivity contribution is 0.127. The topological polar surface area (TPSA) is 46.5 Å². The predicted molar refractivity (Wildman–Crippen MR) is 105 cm³/mol. The number of rotatable bonds is 5. The van der Waals surface area contributed by atoms with Gasteiger partial charge in [0.2, 0.25) is 0 Å². The molecule has 0 radical (unpaired) electrons. The minimum atomic E-state index is -0.423. The molecule has 1 heterocycles. The standard InChI is InChI=1S/C20H23N3OS/c1-21-19(25)20(17-10-7-13-22-14-17)12-6-5-11-18(20)23-24-15-16-8-3-2-4-9-16/h2-4,7-10,13-14H,5-6,11-12,15H2,1H3,(H,21,25)/b23-18-. The first-order chi connectivity index (χ1) is 12.3. The fourth-order valence-electron chi connectivity index (χ4n) is 3.44. The van der Waals surface area contributed by atoms with Gasteiger partial charge in [-0.2, -0.15) is 0 Å². The molecule has 0 amide bonds. The lowest BCUT2D eigenvalue weighted by Crippen LogP contribution is -2.50. The molecule has 1 aliphatic rings. The monoisotopic (exact) mass is 353 g/mol. The van der Waals surface area contributed by atoms with Gasteiger partial charge in [-0.1, -0.05) is 60.2 Å². The first kappa shape index (κ1) is 17.5. The van der Waals surface area contributed by atoms with E-state index < -0.39 is 5.41 Å². The van der Waals surface area contributed by atoms with Crippen molar-refractivity contribution in [2.75, 3.05) is 7.05 Å². The highest BCUT2D eigenvalue weighted by molar-refractivity contribution is 7.80. The molecule has 4 nitrogen and oxygen atoms in total. The summed E-state index contributed by atoms with van der Waals surface area (Å²) in [6, 6.07) is 14.1. The summed E-state index contributed by atoms with van der Waals surface area (Å²) in [6.45, 7) is 0.458. The van der Waals surface area contributed by atoms with E-state index in [-0.39, 0.29) is 0 Å². The molecule has 1 unspecified atom stereocenters. The predicted octanol–water partition coefficient (Wildman–Crippen LogP) is 4.01. The quantitative estimate of drug-likeness (QED) is 0.652. The number of pyridine rings is 1. The summed E-state index contributed by atoms with van der Waals surface area (Å²) >= 11 is 5.72. The van der Waals surface area contributed by atoms with Crippen molar-refractivity contribution in [3.8, 4) is 0 Å². The number of nitrogens with zero attached hydrogens (tertiary/aromatic N) is 2. The van der Waals surface area contributed by atoms with Crippen molar-refractivity contribution in [2.45, 2.75) is 37.7 Å². The second kappa shape index (κ2) is 8.21. The zero-order valence-electron chi connectivity index (χ0n) is 14.4. The fraction of sp³-hybridized carbons (Fsp3) is 0.350. The van der Waals surface area contributed by atoms with Gasteiger partial charge >= 0.3 is 0 Å². The van der Waals surface area contributed by atoms with Crippen molar-refractivity contribution in [3.63, 3.8) is 0 Å². The highest BCUT2D eigenvalue weighted by atomic mass is 32.1. The Bertz CT molecular complexity index is 733. The van der Waals surface area contributed by atoms with Gasteiger partial charge in [0.15, 0.2) is 0 Å². The highest BCUT2D eigenvalue weighted by Crippen LogP contribution is 2.38. The molecule has 5 heteroatoms. The Morgan fingerprint density at radius 3 is 2.80 bits per heavy atom. The molecule has 1 aliphatic carbocycles. The van der Waals surface area contributed by atoms with Gasteiger partial charge in [-0.05, 0) is 36.5 Å². The van der Waals surface area contributed by atoms with Gasteiger partial charge < -0.3 is 10.2 Å². The average molecular weight is 353 g/mol. The number of hydrogen-bond acceptors (Lipinski definition) is 4. The van der Waals surface area contributed by atoms with E-state index in [4.69, 9.17) is 17.1 Å². The van der Waals surface area contributed by atoms with E-state index in [1.165, 1.54) is 0 Å². The van der Waals surface area contributed by atoms with Crippen LogP contribution in [0.4, 0.5) is 0 Å². The Morgan fingerprint density at radius 2 is 2.08 bits per heavy atom. The molecule has 0 saturated heterocycles. The highest BCUT2D eigenvalue weighted by Gasteiger charge is 2.44. The van der Waals surface area contributed by atoms with Gasteiger partial charge in [-0.3, -0.25) is 4.98 Å². The molecule has 0 spiro atoms. The van der Waals surface area contributed by atoms with E-state index in [9.17, 15) is 0 Å². The number of hydrogen-bond donors (Lipinski definition) is 1. The molecule has 1 N–H and O–H groups in total. The fourth-order valence-corrected chi connectivity index (χ4v) is 3.78. The van der Waals surface area contributed by atoms with Crippen LogP contribution in [0.2, 0.25) is 0 Å². The van der Waals surface area contributed by atoms with Crippen LogP contribution in [0.15, 0.2) is 60.0 Å². The van der Waals surface area contributed by atoms with Crippen LogP contribution in [0, 0.1) is 0 Å². The molecule has 2 aromatic rings. The lowest BCUT2D eigenvalue weighted by Gasteiger charge is -2.38. The molecule has 1 atom stereocenters. The third-order valence-electron chi connectivity index (χ3n) is 4.73. The summed E-state index contributed by atoms with van der Waals surface area (Å²) in [6.07, 6.45) is 7.68. The van der Waals surface area contributed by atoms with Crippen LogP contribution in [-0.2, 0) is 16.9 Å². The lowest BCUT2D eigenvalue weighted by atomic mass is 9.68. The Morgan fingerprint density at radius 1 is 1.24 bits per heavy atom. The summed E-state index contributed by atoms with van der Waals surface area (Å²) < 4.78 is 0. The second-order valence-corrected chi connectivity index (χ2v) is 6.64. The van der Waals surface area contributed by atoms with E-state index in [1.54, 1.807) is 6.20 Å². The molecular weight excluding hydrogens is 330 g/mol. The van der Waals surface area contributed by atoms with Crippen molar-refractivity contribution in [3.05, 3.63) is 66.0 Å². The maximum absolute atomic E-state index is 5.72. The normalized spacial score (nSPS) is 21.7. The van der Waals surface area contributed by atoms with Crippen molar-refractivity contribution in [1.82, 2.24) is 10.3 Å². The van der Waals surface area contributed by atoms with Crippen molar-refractivity contribution >= 4 is 22.9 Å². The summed E-state index contributed by atoms with van der Waals surface area (Å²) in [7, 11) is 1.87. The zero-order valence-corrected chi connectivity index (χ0v) is 15.3. The molecule has 0 aliphatic heterocycles. The number of aromatic nitrogens is 1. The molecule has 1 fully saturated rings. The third-order valence-corrected chi connectivity index (χ3v) is 5.28. The van der Waals surface area contributed by atoms with Crippen LogP contribution in [0.1, 0.15) is 36.8 Å². The van der Waals surface area contributed by atoms with Gasteiger partial charge in [-0.25, -0.2) is 0 Å². The van der Waals surface area contributed by atoms with Crippen LogP contribution in [0.3, 0.4) is 0 Å². The largest absolute Gasteiger partial charge is 0.391 e. The first-order valence-corrected chi connectivity index (χ1v) is 9.04. The van der Waals surface area contributed by atoms with Crippen molar-refractivity contribution in [1.29, 1.82) is 0 Å². The SMILES string of the molecule is CNC(=S)C1(c2cccnc2)CCCC/C1=N/OCc1ccccc1. The van der Waals surface area contributed by atoms with E-state index in [2.05, 4.69) is 21.5 Å². The molecule has 3 rings (SSSR count). The molecule has 1 aromatic heterocycles. The summed E-state index contributed by atoms with van der Waals surface area (Å²) in [5.74, 6) is 0. The second-order valence-electron chi connectivity index (χ2n) is 6.23. The van der Waals surface area contributed by atoms with Gasteiger partial charge in [0.05, 0.1) is 16.1 Å². The van der Waals surface area contributed by atoms with E-state index in [1.807, 2.05) is 49.6 Å². The van der Waals surface area contributed by atoms with Crippen LogP contribution < -0.4 is 5.32 Å². The first-order valence-electron chi connectivity index (χ1n) is 8.63. The minimum absolute atomic E-state index is 0.423. The number of likely N-dealkylation sites (N-methyl/N-ethyl adjacent to an activating group) is 1. The van der Waals surface area contributed by atoms with Crippen LogP contribution in [0.25, 0.3) is 0 Å². The molecule has 1 aromatic carbocycles. The van der Waals surface area contributed by atoms with Crippen LogP contribution in [0.5, 0.6) is 0 Å². The molecule has 130 valence electrons. The number of benzene rings is 1. The van der Waals surface area contributed by atoms with Gasteiger partial charge in [0.25, 0.3) is 0 Å². The Balaban J connectivity index is 1.91. The molecule has 1 saturated carbocycles. The molecule has 0 bridgehead atoms. The van der Waals surface area contributed by atoms with Crippen LogP contribution in [-0.4, -0.2) is 22.7 Å². The van der Waals surface area contributed by atoms with Crippen molar-refractivity contribution < 1.29 is 4.84 Å². The van der Waals surface area contributed by atoms with Gasteiger partial charge in [0, 0.05) is 19.4 Å². The number of nitrogens with one attached hydrogen (secondary N) is 1. The summed E-state index contributed by atoms with van der Waals surface area (Å²) in [5, 5.41) is 7.72. The third kappa shape index (κ3) is 3.71. The Kier molecular flexibility index (Phi) is 5.76.